The molecule has 0 bridgehead atoms. The highest BCUT2D eigenvalue weighted by Gasteiger charge is 2.29. The molecule has 32 heavy (non-hydrogen) atoms. The van der Waals surface area contributed by atoms with E-state index >= 15 is 0 Å². The Morgan fingerprint density at radius 3 is 2.38 bits per heavy atom. The Morgan fingerprint density at radius 1 is 1.03 bits per heavy atom. The molecule has 1 saturated heterocycles. The van der Waals surface area contributed by atoms with Crippen LogP contribution in [0.5, 0.6) is 0 Å². The number of benzene rings is 2. The molecule has 4 rings (SSSR count). The Kier molecular flexibility index (Phi) is 6.71. The lowest BCUT2D eigenvalue weighted by Gasteiger charge is -2.38. The zero-order valence-corrected chi connectivity index (χ0v) is 20.3. The van der Waals surface area contributed by atoms with Gasteiger partial charge in [-0.15, -0.1) is 11.3 Å². The number of thiazole rings is 1. The summed E-state index contributed by atoms with van der Waals surface area (Å²) in [6.45, 7) is 8.98. The van der Waals surface area contributed by atoms with Gasteiger partial charge in [0.15, 0.2) is 4.34 Å². The monoisotopic (exact) mass is 468 g/mol. The fourth-order valence-electron chi connectivity index (χ4n) is 3.63. The quantitative estimate of drug-likeness (QED) is 0.549. The van der Waals surface area contributed by atoms with Gasteiger partial charge in [0.1, 0.15) is 0 Å². The number of anilines is 2. The molecular formula is C24H28N4O2S2. The van der Waals surface area contributed by atoms with Gasteiger partial charge in [-0.25, -0.2) is 4.98 Å². The van der Waals surface area contributed by atoms with E-state index in [-0.39, 0.29) is 17.2 Å². The van der Waals surface area contributed by atoms with Crippen molar-refractivity contribution in [1.82, 2.24) is 9.88 Å². The summed E-state index contributed by atoms with van der Waals surface area (Å²) in [6.07, 6.45) is 0. The molecule has 2 amide bonds. The van der Waals surface area contributed by atoms with E-state index in [4.69, 9.17) is 0 Å². The summed E-state index contributed by atoms with van der Waals surface area (Å²) in [4.78, 5) is 33.6. The number of hydrogen-bond donors (Lipinski definition) is 1. The van der Waals surface area contributed by atoms with Crippen LogP contribution in [0.15, 0.2) is 52.9 Å². The molecule has 0 spiro atoms. The van der Waals surface area contributed by atoms with Crippen LogP contribution in [0.1, 0.15) is 20.8 Å². The van der Waals surface area contributed by atoms with Gasteiger partial charge < -0.3 is 15.1 Å². The number of piperazine rings is 1. The summed E-state index contributed by atoms with van der Waals surface area (Å²) in [5, 5.41) is 2.96. The van der Waals surface area contributed by atoms with Gasteiger partial charge in [0, 0.05) is 43.0 Å². The smallest absolute Gasteiger partial charge is 0.234 e. The van der Waals surface area contributed by atoms with Crippen molar-refractivity contribution in [3.05, 3.63) is 48.5 Å². The maximum absolute atomic E-state index is 12.5. The van der Waals surface area contributed by atoms with Crippen molar-refractivity contribution in [1.29, 1.82) is 0 Å². The highest BCUT2D eigenvalue weighted by molar-refractivity contribution is 8.01. The summed E-state index contributed by atoms with van der Waals surface area (Å²) in [7, 11) is 0. The molecule has 2 aromatic carbocycles. The van der Waals surface area contributed by atoms with Crippen molar-refractivity contribution in [2.24, 2.45) is 5.41 Å². The van der Waals surface area contributed by atoms with Crippen LogP contribution in [-0.2, 0) is 9.59 Å². The van der Waals surface area contributed by atoms with E-state index in [1.54, 1.807) is 11.3 Å². The van der Waals surface area contributed by atoms with E-state index in [0.29, 0.717) is 5.75 Å². The van der Waals surface area contributed by atoms with Gasteiger partial charge in [-0.3, -0.25) is 9.59 Å². The molecule has 1 aliphatic rings. The van der Waals surface area contributed by atoms with E-state index in [9.17, 15) is 9.59 Å². The lowest BCUT2D eigenvalue weighted by Crippen LogP contribution is -2.51. The first kappa shape index (κ1) is 22.6. The highest BCUT2D eigenvalue weighted by Crippen LogP contribution is 2.29. The summed E-state index contributed by atoms with van der Waals surface area (Å²) in [5.74, 6) is 0.487. The van der Waals surface area contributed by atoms with Crippen molar-refractivity contribution in [2.45, 2.75) is 25.1 Å². The van der Waals surface area contributed by atoms with Crippen LogP contribution in [0.4, 0.5) is 11.4 Å². The number of para-hydroxylation sites is 1. The summed E-state index contributed by atoms with van der Waals surface area (Å²) in [5.41, 5.74) is 2.52. The third-order valence-corrected chi connectivity index (χ3v) is 7.51. The number of thioether (sulfide) groups is 1. The normalized spacial score (nSPS) is 14.6. The molecule has 168 valence electrons. The number of carbonyl (C=O) groups excluding carboxylic acids is 2. The third kappa shape index (κ3) is 5.42. The molecular weight excluding hydrogens is 440 g/mol. The molecule has 0 atom stereocenters. The Balaban J connectivity index is 1.26. The first-order valence-corrected chi connectivity index (χ1v) is 12.5. The third-order valence-electron chi connectivity index (χ3n) is 5.33. The second-order valence-electron chi connectivity index (χ2n) is 8.86. The highest BCUT2D eigenvalue weighted by atomic mass is 32.2. The molecule has 0 saturated carbocycles. The van der Waals surface area contributed by atoms with Crippen LogP contribution in [0.3, 0.4) is 0 Å². The molecule has 1 aliphatic heterocycles. The molecule has 1 fully saturated rings. The fraction of sp³-hybridized carbons (Fsp3) is 0.375. The van der Waals surface area contributed by atoms with Crippen LogP contribution in [0.2, 0.25) is 0 Å². The second kappa shape index (κ2) is 9.50. The van der Waals surface area contributed by atoms with Crippen LogP contribution in [0, 0.1) is 5.41 Å². The molecule has 6 nitrogen and oxygen atoms in total. The SMILES string of the molecule is CC(C)(C)C(=O)N1CCN(c2ccc(NC(=O)CSc3nc4ccccc4s3)cc2)CC1. The van der Waals surface area contributed by atoms with Gasteiger partial charge in [-0.05, 0) is 36.4 Å². The number of nitrogens with zero attached hydrogens (tertiary/aromatic N) is 3. The number of aromatic nitrogens is 1. The van der Waals surface area contributed by atoms with Gasteiger partial charge in [0.2, 0.25) is 11.8 Å². The first-order chi connectivity index (χ1) is 15.3. The molecule has 3 aromatic rings. The minimum Gasteiger partial charge on any atom is -0.368 e. The lowest BCUT2D eigenvalue weighted by molar-refractivity contribution is -0.139. The minimum atomic E-state index is -0.340. The van der Waals surface area contributed by atoms with E-state index < -0.39 is 0 Å². The number of carbonyl (C=O) groups is 2. The number of hydrogen-bond acceptors (Lipinski definition) is 6. The summed E-state index contributed by atoms with van der Waals surface area (Å²) in [6, 6.07) is 15.9. The average Bonchev–Trinajstić information content (AvgIpc) is 3.20. The molecule has 0 aliphatic carbocycles. The molecule has 1 N–H and O–H groups in total. The van der Waals surface area contributed by atoms with Crippen LogP contribution >= 0.6 is 23.1 Å². The van der Waals surface area contributed by atoms with Gasteiger partial charge in [0.05, 0.1) is 16.0 Å². The molecule has 0 radical (unpaired) electrons. The van der Waals surface area contributed by atoms with Crippen LogP contribution < -0.4 is 10.2 Å². The Bertz CT molecular complexity index is 1060. The number of fused-ring (bicyclic) bond motifs is 1. The Hall–Kier alpha value is -2.58. The molecule has 0 unspecified atom stereocenters. The molecule has 2 heterocycles. The van der Waals surface area contributed by atoms with E-state index in [1.807, 2.05) is 74.2 Å². The lowest BCUT2D eigenvalue weighted by atomic mass is 9.94. The Morgan fingerprint density at radius 2 is 1.72 bits per heavy atom. The van der Waals surface area contributed by atoms with E-state index in [2.05, 4.69) is 15.2 Å². The maximum Gasteiger partial charge on any atom is 0.234 e. The largest absolute Gasteiger partial charge is 0.368 e. The topological polar surface area (TPSA) is 65.5 Å². The van der Waals surface area contributed by atoms with Gasteiger partial charge in [-0.2, -0.15) is 0 Å². The van der Waals surface area contributed by atoms with Gasteiger partial charge >= 0.3 is 0 Å². The summed E-state index contributed by atoms with van der Waals surface area (Å²) >= 11 is 3.07. The number of amides is 2. The van der Waals surface area contributed by atoms with Crippen molar-refractivity contribution in [3.8, 4) is 0 Å². The fourth-order valence-corrected chi connectivity index (χ4v) is 5.50. The maximum atomic E-state index is 12.5. The zero-order valence-electron chi connectivity index (χ0n) is 18.6. The zero-order chi connectivity index (χ0) is 22.7. The predicted molar refractivity (Wildman–Crippen MR) is 134 cm³/mol. The Labute approximate surface area is 197 Å². The van der Waals surface area contributed by atoms with Crippen molar-refractivity contribution in [3.63, 3.8) is 0 Å². The van der Waals surface area contributed by atoms with Crippen molar-refractivity contribution in [2.75, 3.05) is 42.1 Å². The standard InChI is InChI=1S/C24H28N4O2S2/c1-24(2,3)22(30)28-14-12-27(13-15-28)18-10-8-17(9-11-18)25-21(29)16-31-23-26-19-6-4-5-7-20(19)32-23/h4-11H,12-16H2,1-3H3,(H,25,29). The van der Waals surface area contributed by atoms with Crippen molar-refractivity contribution < 1.29 is 9.59 Å². The number of rotatable bonds is 5. The molecule has 8 heteroatoms. The predicted octanol–water partition coefficient (Wildman–Crippen LogP) is 4.72. The van der Waals surface area contributed by atoms with E-state index in [0.717, 1.165) is 52.1 Å². The van der Waals surface area contributed by atoms with E-state index in [1.165, 1.54) is 11.8 Å². The van der Waals surface area contributed by atoms with Crippen LogP contribution in [0.25, 0.3) is 10.2 Å². The average molecular weight is 469 g/mol. The molecule has 1 aromatic heterocycles. The second-order valence-corrected chi connectivity index (χ2v) is 11.1. The minimum absolute atomic E-state index is 0.0451. The van der Waals surface area contributed by atoms with Crippen molar-refractivity contribution >= 4 is 56.5 Å². The number of nitrogens with one attached hydrogen (secondary N) is 1. The summed E-state index contributed by atoms with van der Waals surface area (Å²) < 4.78 is 2.04. The first-order valence-electron chi connectivity index (χ1n) is 10.7. The van der Waals surface area contributed by atoms with Gasteiger partial charge in [0.25, 0.3) is 0 Å². The van der Waals surface area contributed by atoms with Gasteiger partial charge in [-0.1, -0.05) is 44.7 Å². The van der Waals surface area contributed by atoms with Crippen LogP contribution in [-0.4, -0.2) is 53.6 Å².